The van der Waals surface area contributed by atoms with Crippen LogP contribution in [-0.2, 0) is 0 Å². The number of fused-ring (bicyclic) bond motifs is 1. The van der Waals surface area contributed by atoms with Gasteiger partial charge in [-0.25, -0.2) is 4.99 Å². The molecule has 0 saturated carbocycles. The molecule has 1 aliphatic rings. The van der Waals surface area contributed by atoms with Gasteiger partial charge in [0, 0.05) is 4.47 Å². The summed E-state index contributed by atoms with van der Waals surface area (Å²) in [5.74, 6) is -0.110. The Bertz CT molecular complexity index is 764. The van der Waals surface area contributed by atoms with Crippen LogP contribution in [0.4, 0.5) is 11.4 Å². The van der Waals surface area contributed by atoms with Crippen molar-refractivity contribution >= 4 is 45.0 Å². The summed E-state index contributed by atoms with van der Waals surface area (Å²) in [6, 6.07) is 13.3. The number of hydrogen-bond acceptors (Lipinski definition) is 4. The number of ketones is 1. The Hall–Kier alpha value is -2.27. The molecule has 0 spiro atoms. The normalized spacial score (nSPS) is 13.4. The first-order valence-corrected chi connectivity index (χ1v) is 7.21. The molecule has 0 saturated heterocycles. The van der Waals surface area contributed by atoms with Crippen molar-refractivity contribution in [3.63, 3.8) is 0 Å². The SMILES string of the molecule is Cc1ccc(NN=CC2=Nc3ccc(Br)cc3C2=O)cc1. The minimum absolute atomic E-state index is 0.110. The molecule has 5 heteroatoms. The lowest BCUT2D eigenvalue weighted by Gasteiger charge is -1.99. The standard InChI is InChI=1S/C16H12BrN3O/c1-10-2-5-12(6-3-10)20-18-9-15-16(21)13-8-11(17)4-7-14(13)19-15/h2-9,20H,1H3. The van der Waals surface area contributed by atoms with Crippen LogP contribution in [0.5, 0.6) is 0 Å². The highest BCUT2D eigenvalue weighted by molar-refractivity contribution is 9.10. The molecule has 1 N–H and O–H groups in total. The van der Waals surface area contributed by atoms with E-state index >= 15 is 0 Å². The number of rotatable bonds is 3. The zero-order valence-electron chi connectivity index (χ0n) is 11.3. The largest absolute Gasteiger partial charge is 0.287 e. The summed E-state index contributed by atoms with van der Waals surface area (Å²) in [5, 5.41) is 4.07. The molecular formula is C16H12BrN3O. The van der Waals surface area contributed by atoms with Crippen LogP contribution in [0.2, 0.25) is 0 Å². The van der Waals surface area contributed by atoms with Crippen molar-refractivity contribution < 1.29 is 4.79 Å². The minimum atomic E-state index is -0.110. The van der Waals surface area contributed by atoms with Gasteiger partial charge in [-0.15, -0.1) is 0 Å². The molecule has 1 aliphatic heterocycles. The number of benzene rings is 2. The van der Waals surface area contributed by atoms with E-state index in [1.165, 1.54) is 11.8 Å². The van der Waals surface area contributed by atoms with E-state index in [1.807, 2.05) is 43.3 Å². The average molecular weight is 342 g/mol. The van der Waals surface area contributed by atoms with Crippen molar-refractivity contribution in [2.75, 3.05) is 5.43 Å². The Balaban J connectivity index is 1.73. The molecule has 0 radical (unpaired) electrons. The molecule has 0 aromatic heterocycles. The van der Waals surface area contributed by atoms with Gasteiger partial charge in [0.2, 0.25) is 5.78 Å². The van der Waals surface area contributed by atoms with Crippen LogP contribution >= 0.6 is 15.9 Å². The van der Waals surface area contributed by atoms with E-state index in [9.17, 15) is 4.79 Å². The lowest BCUT2D eigenvalue weighted by atomic mass is 10.1. The number of halogens is 1. The summed E-state index contributed by atoms with van der Waals surface area (Å²) in [6.45, 7) is 2.02. The number of nitrogens with zero attached hydrogens (tertiary/aromatic N) is 2. The molecule has 0 aliphatic carbocycles. The highest BCUT2D eigenvalue weighted by Crippen LogP contribution is 2.28. The molecule has 2 aromatic carbocycles. The van der Waals surface area contributed by atoms with E-state index < -0.39 is 0 Å². The molecule has 3 rings (SSSR count). The second-order valence-electron chi connectivity index (χ2n) is 4.72. The number of carbonyl (C=O) groups excluding carboxylic acids is 1. The molecule has 2 aromatic rings. The van der Waals surface area contributed by atoms with Gasteiger partial charge in [-0.1, -0.05) is 33.6 Å². The molecule has 0 fully saturated rings. The van der Waals surface area contributed by atoms with Gasteiger partial charge in [-0.2, -0.15) is 5.10 Å². The lowest BCUT2D eigenvalue weighted by molar-refractivity contribution is 0.107. The maximum atomic E-state index is 12.2. The predicted octanol–water partition coefficient (Wildman–Crippen LogP) is 4.12. The van der Waals surface area contributed by atoms with E-state index in [-0.39, 0.29) is 5.78 Å². The first kappa shape index (κ1) is 13.7. The van der Waals surface area contributed by atoms with Gasteiger partial charge in [0.1, 0.15) is 5.71 Å². The Morgan fingerprint density at radius 1 is 1.19 bits per heavy atom. The third-order valence-electron chi connectivity index (χ3n) is 3.11. The molecule has 0 unspecified atom stereocenters. The van der Waals surface area contributed by atoms with Gasteiger partial charge < -0.3 is 0 Å². The Morgan fingerprint density at radius 3 is 2.71 bits per heavy atom. The number of hydrogen-bond donors (Lipinski definition) is 1. The van der Waals surface area contributed by atoms with Crippen LogP contribution in [0.25, 0.3) is 0 Å². The number of hydrazone groups is 1. The zero-order valence-corrected chi connectivity index (χ0v) is 12.9. The van der Waals surface area contributed by atoms with Gasteiger partial charge >= 0.3 is 0 Å². The first-order valence-electron chi connectivity index (χ1n) is 6.42. The fraction of sp³-hybridized carbons (Fsp3) is 0.0625. The van der Waals surface area contributed by atoms with Crippen LogP contribution in [0, 0.1) is 6.92 Å². The van der Waals surface area contributed by atoms with E-state index in [0.717, 1.165) is 10.2 Å². The number of Topliss-reactive ketones (excluding diaryl/α,β-unsaturated/α-hetero) is 1. The number of aryl methyl sites for hydroxylation is 1. The lowest BCUT2D eigenvalue weighted by Crippen LogP contribution is -2.11. The van der Waals surface area contributed by atoms with Crippen molar-refractivity contribution in [3.8, 4) is 0 Å². The van der Waals surface area contributed by atoms with E-state index in [2.05, 4.69) is 31.4 Å². The van der Waals surface area contributed by atoms with Gasteiger partial charge in [0.25, 0.3) is 0 Å². The van der Waals surface area contributed by atoms with Crippen LogP contribution in [0.1, 0.15) is 15.9 Å². The van der Waals surface area contributed by atoms with Gasteiger partial charge in [0.15, 0.2) is 0 Å². The summed E-state index contributed by atoms with van der Waals surface area (Å²) >= 11 is 3.35. The third-order valence-corrected chi connectivity index (χ3v) is 3.60. The molecule has 0 bridgehead atoms. The second-order valence-corrected chi connectivity index (χ2v) is 5.64. The quantitative estimate of drug-likeness (QED) is 0.674. The van der Waals surface area contributed by atoms with Crippen molar-refractivity contribution in [2.24, 2.45) is 10.1 Å². The molecule has 104 valence electrons. The number of aliphatic imine (C=N–C) groups is 1. The molecule has 0 amide bonds. The Labute approximate surface area is 130 Å². The highest BCUT2D eigenvalue weighted by atomic mass is 79.9. The molecule has 21 heavy (non-hydrogen) atoms. The van der Waals surface area contributed by atoms with Crippen LogP contribution in [0.3, 0.4) is 0 Å². The van der Waals surface area contributed by atoms with Gasteiger partial charge in [0.05, 0.1) is 23.2 Å². The van der Waals surface area contributed by atoms with Crippen molar-refractivity contribution in [2.45, 2.75) is 6.92 Å². The average Bonchev–Trinajstić information content (AvgIpc) is 2.78. The molecule has 4 nitrogen and oxygen atoms in total. The zero-order chi connectivity index (χ0) is 14.8. The van der Waals surface area contributed by atoms with Crippen LogP contribution < -0.4 is 5.43 Å². The summed E-state index contributed by atoms with van der Waals surface area (Å²) in [5.41, 5.74) is 6.54. The maximum Gasteiger partial charge on any atom is 0.215 e. The highest BCUT2D eigenvalue weighted by Gasteiger charge is 2.23. The topological polar surface area (TPSA) is 53.8 Å². The fourth-order valence-electron chi connectivity index (χ4n) is 1.99. The number of carbonyl (C=O) groups is 1. The van der Waals surface area contributed by atoms with E-state index in [1.54, 1.807) is 6.07 Å². The summed E-state index contributed by atoms with van der Waals surface area (Å²) in [6.07, 6.45) is 1.45. The predicted molar refractivity (Wildman–Crippen MR) is 88.9 cm³/mol. The van der Waals surface area contributed by atoms with E-state index in [4.69, 9.17) is 0 Å². The monoisotopic (exact) mass is 341 g/mol. The van der Waals surface area contributed by atoms with Crippen molar-refractivity contribution in [1.82, 2.24) is 0 Å². The Kier molecular flexibility index (Phi) is 3.66. The number of nitrogens with one attached hydrogen (secondary N) is 1. The first-order chi connectivity index (χ1) is 10.1. The number of anilines is 1. The molecule has 0 atom stereocenters. The smallest absolute Gasteiger partial charge is 0.215 e. The molecular weight excluding hydrogens is 330 g/mol. The van der Waals surface area contributed by atoms with Gasteiger partial charge in [-0.05, 0) is 37.3 Å². The van der Waals surface area contributed by atoms with Gasteiger partial charge in [-0.3, -0.25) is 10.2 Å². The minimum Gasteiger partial charge on any atom is -0.287 e. The molecule has 1 heterocycles. The summed E-state index contributed by atoms with van der Waals surface area (Å²) in [4.78, 5) is 16.4. The maximum absolute atomic E-state index is 12.2. The Morgan fingerprint density at radius 2 is 1.95 bits per heavy atom. The van der Waals surface area contributed by atoms with Crippen molar-refractivity contribution in [3.05, 3.63) is 58.1 Å². The van der Waals surface area contributed by atoms with Crippen LogP contribution in [0.15, 0.2) is 57.0 Å². The fourth-order valence-corrected chi connectivity index (χ4v) is 2.35. The summed E-state index contributed by atoms with van der Waals surface area (Å²) < 4.78 is 0.862. The van der Waals surface area contributed by atoms with Crippen LogP contribution in [-0.4, -0.2) is 17.7 Å². The van der Waals surface area contributed by atoms with Crippen molar-refractivity contribution in [1.29, 1.82) is 0 Å². The second kappa shape index (κ2) is 5.61. The third kappa shape index (κ3) is 2.92. The summed E-state index contributed by atoms with van der Waals surface area (Å²) in [7, 11) is 0. The van der Waals surface area contributed by atoms with E-state index in [0.29, 0.717) is 17.0 Å².